The third kappa shape index (κ3) is 9.68. The van der Waals surface area contributed by atoms with Crippen LogP contribution in [-0.4, -0.2) is 21.0 Å². The minimum atomic E-state index is -1.90. The number of nitrogens with one attached hydrogen (secondary N) is 1. The maximum absolute atomic E-state index is 12.4. The molecule has 0 spiro atoms. The molecule has 0 aliphatic carbocycles. The Hall–Kier alpha value is -0.833. The second-order valence-corrected chi connectivity index (χ2v) is 15.9. The fraction of sp³-hybridized carbons (Fsp3) is 0.542. The summed E-state index contributed by atoms with van der Waals surface area (Å²) in [5.41, 5.74) is 6.68. The predicted molar refractivity (Wildman–Crippen MR) is 143 cm³/mol. The van der Waals surface area contributed by atoms with Gasteiger partial charge in [0.05, 0.1) is 6.61 Å². The Labute approximate surface area is 208 Å². The van der Waals surface area contributed by atoms with Crippen molar-refractivity contribution < 1.29 is 14.0 Å². The molecule has 1 N–H and O–H groups in total. The summed E-state index contributed by atoms with van der Waals surface area (Å²) in [6, 6.07) is 5.89. The van der Waals surface area contributed by atoms with Crippen LogP contribution in [0.3, 0.4) is 0 Å². The molecule has 0 aliphatic rings. The zero-order chi connectivity index (χ0) is 23.8. The number of anilines is 1. The molecule has 0 fully saturated rings. The van der Waals surface area contributed by atoms with Crippen molar-refractivity contribution in [2.45, 2.75) is 79.1 Å². The molecule has 1 amide bonds. The molecule has 0 heterocycles. The largest absolute Gasteiger partial charge is 0.445 e. The second-order valence-electron chi connectivity index (χ2n) is 9.60. The van der Waals surface area contributed by atoms with Crippen molar-refractivity contribution in [3.8, 4) is 0 Å². The average molecular weight is 578 g/mol. The van der Waals surface area contributed by atoms with Crippen LogP contribution in [0.2, 0.25) is 18.1 Å². The van der Waals surface area contributed by atoms with Crippen LogP contribution in [0, 0.1) is 3.57 Å². The molecular weight excluding hydrogens is 541 g/mol. The lowest BCUT2D eigenvalue weighted by atomic mass is 10.0. The number of benzene rings is 1. The van der Waals surface area contributed by atoms with Crippen LogP contribution in [0.15, 0.2) is 40.5 Å². The van der Waals surface area contributed by atoms with Crippen molar-refractivity contribution in [3.63, 3.8) is 0 Å². The lowest BCUT2D eigenvalue weighted by molar-refractivity contribution is 0.170. The standard InChI is InChI=1S/C24H37ClINO3Si/c1-17(2)18(3)9-10-19(14-25)15-29-23(28)27-22-12-11-21(26)13-20(22)16-30-31(7,8)24(4,5)6/h11-14H,9-10,15-16H2,1-8H3,(H,27,28)/b19-14-. The van der Waals surface area contributed by atoms with Gasteiger partial charge >= 0.3 is 6.09 Å². The minimum Gasteiger partial charge on any atom is -0.445 e. The summed E-state index contributed by atoms with van der Waals surface area (Å²) in [6.07, 6.45) is 1.17. The molecule has 174 valence electrons. The van der Waals surface area contributed by atoms with E-state index in [1.165, 1.54) is 16.7 Å². The minimum absolute atomic E-state index is 0.121. The molecule has 1 aromatic rings. The highest BCUT2D eigenvalue weighted by Gasteiger charge is 2.37. The van der Waals surface area contributed by atoms with E-state index in [2.05, 4.69) is 82.5 Å². The zero-order valence-electron chi connectivity index (χ0n) is 20.1. The van der Waals surface area contributed by atoms with Crippen molar-refractivity contribution in [2.24, 2.45) is 0 Å². The maximum Gasteiger partial charge on any atom is 0.411 e. The van der Waals surface area contributed by atoms with E-state index in [0.29, 0.717) is 12.3 Å². The first-order valence-electron chi connectivity index (χ1n) is 10.5. The summed E-state index contributed by atoms with van der Waals surface area (Å²) in [6.45, 7) is 18.0. The smallest absolute Gasteiger partial charge is 0.411 e. The van der Waals surface area contributed by atoms with Gasteiger partial charge in [-0.2, -0.15) is 0 Å². The van der Waals surface area contributed by atoms with Gasteiger partial charge in [-0.3, -0.25) is 5.32 Å². The lowest BCUT2D eigenvalue weighted by Gasteiger charge is -2.36. The monoisotopic (exact) mass is 577 g/mol. The molecule has 1 rings (SSSR count). The van der Waals surface area contributed by atoms with E-state index in [1.807, 2.05) is 18.2 Å². The van der Waals surface area contributed by atoms with E-state index in [-0.39, 0.29) is 11.6 Å². The van der Waals surface area contributed by atoms with Crippen molar-refractivity contribution in [1.82, 2.24) is 0 Å². The van der Waals surface area contributed by atoms with Gasteiger partial charge in [0.2, 0.25) is 0 Å². The van der Waals surface area contributed by atoms with Gasteiger partial charge in [0.1, 0.15) is 6.61 Å². The van der Waals surface area contributed by atoms with Crippen LogP contribution >= 0.6 is 34.2 Å². The number of halogens is 2. The molecule has 0 aromatic heterocycles. The molecule has 0 radical (unpaired) electrons. The van der Waals surface area contributed by atoms with Crippen LogP contribution in [0.5, 0.6) is 0 Å². The van der Waals surface area contributed by atoms with Gasteiger partial charge in [0, 0.05) is 20.4 Å². The fourth-order valence-electron chi connectivity index (χ4n) is 2.34. The predicted octanol–water partition coefficient (Wildman–Crippen LogP) is 8.62. The summed E-state index contributed by atoms with van der Waals surface area (Å²) in [5, 5.41) is 2.99. The van der Waals surface area contributed by atoms with Gasteiger partial charge < -0.3 is 9.16 Å². The third-order valence-corrected chi connectivity index (χ3v) is 11.4. The molecule has 0 aliphatic heterocycles. The van der Waals surface area contributed by atoms with Gasteiger partial charge in [-0.25, -0.2) is 4.79 Å². The third-order valence-electron chi connectivity index (χ3n) is 5.92. The Morgan fingerprint density at radius 1 is 1.19 bits per heavy atom. The summed E-state index contributed by atoms with van der Waals surface area (Å²) >= 11 is 8.20. The van der Waals surface area contributed by atoms with Gasteiger partial charge in [-0.1, -0.05) is 43.5 Å². The van der Waals surface area contributed by atoms with E-state index in [9.17, 15) is 4.79 Å². The highest BCUT2D eigenvalue weighted by atomic mass is 127. The molecule has 0 atom stereocenters. The molecule has 1 aromatic carbocycles. The summed E-state index contributed by atoms with van der Waals surface area (Å²) in [7, 11) is -1.90. The molecule has 7 heteroatoms. The maximum atomic E-state index is 12.4. The van der Waals surface area contributed by atoms with Gasteiger partial charge in [0.15, 0.2) is 8.32 Å². The molecule has 0 saturated heterocycles. The number of hydrogen-bond donors (Lipinski definition) is 1. The number of carbonyl (C=O) groups excluding carboxylic acids is 1. The SMILES string of the molecule is CC(C)=C(C)CC/C(=C/Cl)COC(=O)Nc1ccc(I)cc1CO[Si](C)(C)C(C)(C)C. The first kappa shape index (κ1) is 28.2. The van der Waals surface area contributed by atoms with E-state index in [1.54, 1.807) is 0 Å². The van der Waals surface area contributed by atoms with Crippen molar-refractivity contribution in [1.29, 1.82) is 0 Å². The molecule has 0 bridgehead atoms. The van der Waals surface area contributed by atoms with Crippen molar-refractivity contribution in [3.05, 3.63) is 49.6 Å². The Morgan fingerprint density at radius 2 is 1.84 bits per heavy atom. The first-order chi connectivity index (χ1) is 14.3. The van der Waals surface area contributed by atoms with Crippen LogP contribution in [0.1, 0.15) is 59.9 Å². The van der Waals surface area contributed by atoms with Crippen LogP contribution < -0.4 is 5.32 Å². The molecular formula is C24H37ClINO3Si. The Bertz CT molecular complexity index is 825. The molecule has 31 heavy (non-hydrogen) atoms. The van der Waals surface area contributed by atoms with E-state index in [0.717, 1.165) is 27.5 Å². The van der Waals surface area contributed by atoms with Crippen LogP contribution in [0.25, 0.3) is 0 Å². The Kier molecular flexibility index (Phi) is 11.3. The van der Waals surface area contributed by atoms with Crippen molar-refractivity contribution in [2.75, 3.05) is 11.9 Å². The van der Waals surface area contributed by atoms with Gasteiger partial charge in [0.25, 0.3) is 0 Å². The number of rotatable bonds is 9. The lowest BCUT2D eigenvalue weighted by Crippen LogP contribution is -2.40. The number of ether oxygens (including phenoxy) is 1. The fourth-order valence-corrected chi connectivity index (χ4v) is 4.02. The number of allylic oxidation sites excluding steroid dienone is 2. The van der Waals surface area contributed by atoms with Gasteiger partial charge in [-0.05, 0) is 98.1 Å². The second kappa shape index (κ2) is 12.4. The topological polar surface area (TPSA) is 47.6 Å². The summed E-state index contributed by atoms with van der Waals surface area (Å²) in [4.78, 5) is 12.4. The van der Waals surface area contributed by atoms with Gasteiger partial charge in [-0.15, -0.1) is 0 Å². The first-order valence-corrected chi connectivity index (χ1v) is 15.0. The van der Waals surface area contributed by atoms with Crippen LogP contribution in [0.4, 0.5) is 10.5 Å². The average Bonchev–Trinajstić information content (AvgIpc) is 2.67. The highest BCUT2D eigenvalue weighted by Crippen LogP contribution is 2.37. The summed E-state index contributed by atoms with van der Waals surface area (Å²) < 4.78 is 12.9. The molecule has 0 unspecified atom stereocenters. The normalized spacial score (nSPS) is 12.5. The van der Waals surface area contributed by atoms with Crippen molar-refractivity contribution >= 4 is 54.3 Å². The van der Waals surface area contributed by atoms with E-state index in [4.69, 9.17) is 20.8 Å². The molecule has 4 nitrogen and oxygen atoms in total. The van der Waals surface area contributed by atoms with E-state index >= 15 is 0 Å². The Morgan fingerprint density at radius 3 is 2.39 bits per heavy atom. The Balaban J connectivity index is 2.75. The van der Waals surface area contributed by atoms with E-state index < -0.39 is 14.4 Å². The zero-order valence-corrected chi connectivity index (χ0v) is 24.0. The van der Waals surface area contributed by atoms with Crippen LogP contribution in [-0.2, 0) is 15.8 Å². The number of amides is 1. The molecule has 0 saturated carbocycles. The highest BCUT2D eigenvalue weighted by molar-refractivity contribution is 14.1. The summed E-state index contributed by atoms with van der Waals surface area (Å²) in [5.74, 6) is 0. The quantitative estimate of drug-likeness (QED) is 0.182. The number of carbonyl (C=O) groups is 1. The number of hydrogen-bond acceptors (Lipinski definition) is 3.